The van der Waals surface area contributed by atoms with Gasteiger partial charge in [-0.25, -0.2) is 4.79 Å². The predicted octanol–water partition coefficient (Wildman–Crippen LogP) is 3.33. The molecule has 0 unspecified atom stereocenters. The highest BCUT2D eigenvalue weighted by molar-refractivity contribution is 5.91. The van der Waals surface area contributed by atoms with Gasteiger partial charge in [0.1, 0.15) is 0 Å². The largest absolute Gasteiger partial charge is 0.465 e. The molecule has 0 N–H and O–H groups in total. The number of fused-ring (bicyclic) bond motifs is 3. The van der Waals surface area contributed by atoms with Crippen molar-refractivity contribution in [2.45, 2.75) is 26.2 Å². The SMILES string of the molecule is COC(=O)c1ccc2c(c1)-c1ccc(C)nc1CCC2. The summed E-state index contributed by atoms with van der Waals surface area (Å²) in [6.45, 7) is 2.01. The lowest BCUT2D eigenvalue weighted by Crippen LogP contribution is -2.02. The number of methoxy groups -OCH3 is 1. The maximum absolute atomic E-state index is 11.7. The van der Waals surface area contributed by atoms with Gasteiger partial charge in [0.05, 0.1) is 12.7 Å². The minimum absolute atomic E-state index is 0.293. The monoisotopic (exact) mass is 267 g/mol. The fraction of sp³-hybridized carbons (Fsp3) is 0.294. The molecule has 0 atom stereocenters. The van der Waals surface area contributed by atoms with Crippen LogP contribution < -0.4 is 0 Å². The summed E-state index contributed by atoms with van der Waals surface area (Å²) in [6.07, 6.45) is 3.10. The second kappa shape index (κ2) is 5.08. The van der Waals surface area contributed by atoms with E-state index in [9.17, 15) is 4.79 Å². The summed E-state index contributed by atoms with van der Waals surface area (Å²) in [5.41, 5.74) is 6.31. The van der Waals surface area contributed by atoms with Gasteiger partial charge < -0.3 is 4.74 Å². The zero-order valence-corrected chi connectivity index (χ0v) is 11.8. The molecule has 0 aliphatic heterocycles. The smallest absolute Gasteiger partial charge is 0.337 e. The van der Waals surface area contributed by atoms with Crippen molar-refractivity contribution in [1.29, 1.82) is 0 Å². The molecule has 1 aliphatic carbocycles. The number of nitrogens with zero attached hydrogens (tertiary/aromatic N) is 1. The van der Waals surface area contributed by atoms with Gasteiger partial charge in [0.2, 0.25) is 0 Å². The fourth-order valence-corrected chi connectivity index (χ4v) is 2.78. The molecule has 3 rings (SSSR count). The third-order valence-electron chi connectivity index (χ3n) is 3.79. The Balaban J connectivity index is 2.18. The Morgan fingerprint density at radius 1 is 1.15 bits per heavy atom. The molecular formula is C17H17NO2. The van der Waals surface area contributed by atoms with Gasteiger partial charge in [-0.05, 0) is 55.5 Å². The Morgan fingerprint density at radius 2 is 2.00 bits per heavy atom. The van der Waals surface area contributed by atoms with Crippen molar-refractivity contribution >= 4 is 5.97 Å². The first-order chi connectivity index (χ1) is 9.69. The molecule has 0 amide bonds. The van der Waals surface area contributed by atoms with Crippen LogP contribution in [0.5, 0.6) is 0 Å². The van der Waals surface area contributed by atoms with E-state index in [1.807, 2.05) is 31.2 Å². The van der Waals surface area contributed by atoms with Gasteiger partial charge in [-0.2, -0.15) is 0 Å². The molecule has 0 bridgehead atoms. The maximum Gasteiger partial charge on any atom is 0.337 e. The molecule has 0 fully saturated rings. The van der Waals surface area contributed by atoms with Crippen LogP contribution >= 0.6 is 0 Å². The van der Waals surface area contributed by atoms with E-state index in [1.165, 1.54) is 12.7 Å². The molecule has 1 aromatic heterocycles. The quantitative estimate of drug-likeness (QED) is 0.744. The van der Waals surface area contributed by atoms with Gasteiger partial charge in [-0.15, -0.1) is 0 Å². The fourth-order valence-electron chi connectivity index (χ4n) is 2.78. The first-order valence-corrected chi connectivity index (χ1v) is 6.87. The van der Waals surface area contributed by atoms with Crippen LogP contribution in [-0.4, -0.2) is 18.1 Å². The van der Waals surface area contributed by atoms with Crippen LogP contribution in [0.2, 0.25) is 0 Å². The number of hydrogen-bond donors (Lipinski definition) is 0. The van der Waals surface area contributed by atoms with Gasteiger partial charge in [0.15, 0.2) is 0 Å². The van der Waals surface area contributed by atoms with Crippen molar-refractivity contribution < 1.29 is 9.53 Å². The molecular weight excluding hydrogens is 250 g/mol. The van der Waals surface area contributed by atoms with Crippen LogP contribution in [0.1, 0.15) is 33.7 Å². The first-order valence-electron chi connectivity index (χ1n) is 6.87. The zero-order chi connectivity index (χ0) is 14.1. The number of benzene rings is 1. The second-order valence-corrected chi connectivity index (χ2v) is 5.16. The first kappa shape index (κ1) is 12.9. The van der Waals surface area contributed by atoms with Gasteiger partial charge in [-0.3, -0.25) is 4.98 Å². The Hall–Kier alpha value is -2.16. The van der Waals surface area contributed by atoms with Crippen molar-refractivity contribution in [2.75, 3.05) is 7.11 Å². The minimum atomic E-state index is -0.293. The maximum atomic E-state index is 11.7. The molecule has 1 aromatic carbocycles. The van der Waals surface area contributed by atoms with Gasteiger partial charge >= 0.3 is 5.97 Å². The number of pyridine rings is 1. The molecule has 0 saturated carbocycles. The third kappa shape index (κ3) is 2.20. The molecule has 0 radical (unpaired) electrons. The normalized spacial score (nSPS) is 13.1. The third-order valence-corrected chi connectivity index (χ3v) is 3.79. The Bertz CT molecular complexity index is 677. The van der Waals surface area contributed by atoms with E-state index in [1.54, 1.807) is 0 Å². The van der Waals surface area contributed by atoms with Crippen LogP contribution in [0.3, 0.4) is 0 Å². The van der Waals surface area contributed by atoms with Crippen molar-refractivity contribution in [3.8, 4) is 11.1 Å². The van der Waals surface area contributed by atoms with Gasteiger partial charge in [0, 0.05) is 17.0 Å². The summed E-state index contributed by atoms with van der Waals surface area (Å²) in [6, 6.07) is 9.96. The number of carbonyl (C=O) groups is 1. The van der Waals surface area contributed by atoms with Gasteiger partial charge in [0.25, 0.3) is 0 Å². The van der Waals surface area contributed by atoms with Crippen LogP contribution in [0, 0.1) is 6.92 Å². The van der Waals surface area contributed by atoms with E-state index in [0.29, 0.717) is 5.56 Å². The molecule has 0 spiro atoms. The van der Waals surface area contributed by atoms with E-state index >= 15 is 0 Å². The minimum Gasteiger partial charge on any atom is -0.465 e. The molecule has 3 heteroatoms. The van der Waals surface area contributed by atoms with Crippen LogP contribution in [0.25, 0.3) is 11.1 Å². The molecule has 2 aromatic rings. The number of aromatic nitrogens is 1. The summed E-state index contributed by atoms with van der Waals surface area (Å²) in [5, 5.41) is 0. The second-order valence-electron chi connectivity index (χ2n) is 5.16. The standard InChI is InChI=1S/C17H17NO2/c1-11-6-9-14-15-10-13(17(19)20-2)8-7-12(15)4-3-5-16(14)18-11/h6-10H,3-5H2,1-2H3. The lowest BCUT2D eigenvalue weighted by molar-refractivity contribution is 0.0601. The number of aryl methyl sites for hydroxylation is 3. The average Bonchev–Trinajstić information content (AvgIpc) is 2.64. The van der Waals surface area contributed by atoms with Crippen molar-refractivity contribution in [2.24, 2.45) is 0 Å². The number of hydrogen-bond acceptors (Lipinski definition) is 3. The van der Waals surface area contributed by atoms with E-state index < -0.39 is 0 Å². The number of ether oxygens (including phenoxy) is 1. The summed E-state index contributed by atoms with van der Waals surface area (Å²) >= 11 is 0. The van der Waals surface area contributed by atoms with Crippen molar-refractivity contribution in [3.63, 3.8) is 0 Å². The molecule has 0 saturated heterocycles. The van der Waals surface area contributed by atoms with E-state index in [4.69, 9.17) is 4.74 Å². The predicted molar refractivity (Wildman–Crippen MR) is 77.8 cm³/mol. The van der Waals surface area contributed by atoms with E-state index in [2.05, 4.69) is 11.1 Å². The summed E-state index contributed by atoms with van der Waals surface area (Å²) in [7, 11) is 1.41. The number of esters is 1. The van der Waals surface area contributed by atoms with E-state index in [-0.39, 0.29) is 5.97 Å². The molecule has 102 valence electrons. The Kier molecular flexibility index (Phi) is 3.26. The Labute approximate surface area is 118 Å². The summed E-state index contributed by atoms with van der Waals surface area (Å²) in [5.74, 6) is -0.293. The van der Waals surface area contributed by atoms with Crippen LogP contribution in [-0.2, 0) is 17.6 Å². The molecule has 20 heavy (non-hydrogen) atoms. The lowest BCUT2D eigenvalue weighted by atomic mass is 9.96. The average molecular weight is 267 g/mol. The van der Waals surface area contributed by atoms with Crippen molar-refractivity contribution in [1.82, 2.24) is 4.98 Å². The number of carbonyl (C=O) groups excluding carboxylic acids is 1. The topological polar surface area (TPSA) is 39.2 Å². The summed E-state index contributed by atoms with van der Waals surface area (Å²) < 4.78 is 4.81. The molecule has 1 heterocycles. The highest BCUT2D eigenvalue weighted by Gasteiger charge is 2.17. The van der Waals surface area contributed by atoms with Crippen LogP contribution in [0.15, 0.2) is 30.3 Å². The highest BCUT2D eigenvalue weighted by atomic mass is 16.5. The van der Waals surface area contributed by atoms with Crippen molar-refractivity contribution in [3.05, 3.63) is 52.8 Å². The molecule has 3 nitrogen and oxygen atoms in total. The molecule has 1 aliphatic rings. The highest BCUT2D eigenvalue weighted by Crippen LogP contribution is 2.32. The summed E-state index contributed by atoms with van der Waals surface area (Å²) in [4.78, 5) is 16.4. The van der Waals surface area contributed by atoms with Crippen LogP contribution in [0.4, 0.5) is 0 Å². The lowest BCUT2D eigenvalue weighted by Gasteiger charge is -2.11. The van der Waals surface area contributed by atoms with Gasteiger partial charge in [-0.1, -0.05) is 12.1 Å². The Morgan fingerprint density at radius 3 is 2.80 bits per heavy atom. The zero-order valence-electron chi connectivity index (χ0n) is 11.8. The number of rotatable bonds is 1. The van der Waals surface area contributed by atoms with E-state index in [0.717, 1.165) is 41.8 Å².